The normalized spacial score (nSPS) is 12.8. The van der Waals surface area contributed by atoms with Crippen LogP contribution in [-0.2, 0) is 28.7 Å². The predicted molar refractivity (Wildman–Crippen MR) is 307 cm³/mol. The van der Waals surface area contributed by atoms with Crippen LogP contribution in [0.5, 0.6) is 5.75 Å². The number of hydrogen-bond donors (Lipinski definition) is 5. The second-order valence-electron chi connectivity index (χ2n) is 17.8. The average Bonchev–Trinajstić information content (AvgIpc) is 3.37. The predicted octanol–water partition coefficient (Wildman–Crippen LogP) is 12.9. The van der Waals surface area contributed by atoms with Gasteiger partial charge >= 0.3 is 11.9 Å². The lowest BCUT2D eigenvalue weighted by Crippen LogP contribution is -2.49. The molecule has 1 unspecified atom stereocenters. The fourth-order valence-corrected chi connectivity index (χ4v) is 8.36. The van der Waals surface area contributed by atoms with Crippen LogP contribution in [0.1, 0.15) is 154 Å². The number of nitrogen functional groups attached to an aromatic ring is 1. The molecule has 1 aromatic carbocycles. The molecule has 0 aliphatic rings. The first-order chi connectivity index (χ1) is 35.4. The van der Waals surface area contributed by atoms with E-state index < -0.39 is 29.4 Å². The van der Waals surface area contributed by atoms with Crippen LogP contribution in [0.15, 0.2) is 128 Å². The Hall–Kier alpha value is -5.47. The van der Waals surface area contributed by atoms with E-state index in [9.17, 15) is 29.1 Å². The highest BCUT2D eigenvalue weighted by Crippen LogP contribution is 2.28. The highest BCUT2D eigenvalue weighted by molar-refractivity contribution is 8.76. The molecule has 0 fully saturated rings. The third-order valence-corrected chi connectivity index (χ3v) is 13.0. The highest BCUT2D eigenvalue weighted by Gasteiger charge is 2.40. The Labute approximate surface area is 446 Å². The number of carbonyl (C=O) groups excluding carboxylic acids is 5. The molecule has 0 radical (unpaired) electrons. The molecule has 1 rings (SSSR count). The second kappa shape index (κ2) is 45.2. The molecule has 0 aliphatic heterocycles. The van der Waals surface area contributed by atoms with Crippen LogP contribution < -0.4 is 21.7 Å². The lowest BCUT2D eigenvalue weighted by atomic mass is 9.86. The molecule has 73 heavy (non-hydrogen) atoms. The Morgan fingerprint density at radius 3 is 1.53 bits per heavy atom. The van der Waals surface area contributed by atoms with Gasteiger partial charge in [-0.2, -0.15) is 0 Å². The van der Waals surface area contributed by atoms with Gasteiger partial charge < -0.3 is 36.3 Å². The Morgan fingerprint density at radius 2 is 1.03 bits per heavy atom. The zero-order valence-corrected chi connectivity index (χ0v) is 46.0. The van der Waals surface area contributed by atoms with Crippen molar-refractivity contribution in [1.82, 2.24) is 16.0 Å². The minimum atomic E-state index is -1.45. The molecule has 404 valence electrons. The number of phenols is 1. The first-order valence-corrected chi connectivity index (χ1v) is 28.8. The van der Waals surface area contributed by atoms with E-state index in [-0.39, 0.29) is 54.8 Å². The summed E-state index contributed by atoms with van der Waals surface area (Å²) in [6.45, 7) is 8.23. The quantitative estimate of drug-likeness (QED) is 0.0105. The first kappa shape index (κ1) is 65.5. The molecule has 0 saturated heterocycles. The first-order valence-electron chi connectivity index (χ1n) is 26.3. The second-order valence-corrected chi connectivity index (χ2v) is 20.5. The summed E-state index contributed by atoms with van der Waals surface area (Å²) in [6, 6.07) is 3.92. The molecular formula is C59H88N4O8S2. The number of allylic oxidation sites excluding steroid dienone is 18. The molecule has 1 atom stereocenters. The molecule has 0 heterocycles. The number of carbonyl (C=O) groups is 5. The van der Waals surface area contributed by atoms with Gasteiger partial charge in [-0.05, 0) is 115 Å². The van der Waals surface area contributed by atoms with Gasteiger partial charge in [0.1, 0.15) is 17.9 Å². The van der Waals surface area contributed by atoms with Crippen molar-refractivity contribution in [3.63, 3.8) is 0 Å². The van der Waals surface area contributed by atoms with E-state index >= 15 is 0 Å². The van der Waals surface area contributed by atoms with Crippen molar-refractivity contribution in [2.45, 2.75) is 149 Å². The summed E-state index contributed by atoms with van der Waals surface area (Å²) >= 11 is 0. The van der Waals surface area contributed by atoms with Crippen molar-refractivity contribution < 1.29 is 38.6 Å². The van der Waals surface area contributed by atoms with Crippen LogP contribution in [0, 0.1) is 5.41 Å². The maximum atomic E-state index is 13.6. The molecular weight excluding hydrogens is 957 g/mol. The van der Waals surface area contributed by atoms with Gasteiger partial charge in [-0.25, -0.2) is 4.79 Å². The molecule has 0 aliphatic carbocycles. The lowest BCUT2D eigenvalue weighted by molar-refractivity contribution is -0.153. The van der Waals surface area contributed by atoms with Crippen molar-refractivity contribution >= 4 is 56.9 Å². The highest BCUT2D eigenvalue weighted by atomic mass is 33.1. The lowest BCUT2D eigenvalue weighted by Gasteiger charge is -2.32. The van der Waals surface area contributed by atoms with Gasteiger partial charge in [0.25, 0.3) is 5.91 Å². The Kier molecular flexibility index (Phi) is 40.6. The summed E-state index contributed by atoms with van der Waals surface area (Å²) in [5.74, 6) is -1.34. The molecule has 3 amide bonds. The van der Waals surface area contributed by atoms with E-state index in [1.807, 2.05) is 0 Å². The maximum Gasteiger partial charge on any atom is 0.342 e. The molecule has 1 aromatic rings. The van der Waals surface area contributed by atoms with Gasteiger partial charge in [0.05, 0.1) is 0 Å². The molecule has 14 heteroatoms. The van der Waals surface area contributed by atoms with Crippen LogP contribution in [0.25, 0.3) is 0 Å². The number of nitrogens with one attached hydrogen (secondary N) is 3. The number of unbranched alkanes of at least 4 members (excludes halogenated alkanes) is 4. The number of esters is 2. The van der Waals surface area contributed by atoms with E-state index in [4.69, 9.17) is 15.2 Å². The van der Waals surface area contributed by atoms with Crippen LogP contribution in [0.3, 0.4) is 0 Å². The fourth-order valence-electron chi connectivity index (χ4n) is 6.55. The number of hydrogen-bond acceptors (Lipinski definition) is 11. The van der Waals surface area contributed by atoms with Crippen LogP contribution >= 0.6 is 21.6 Å². The van der Waals surface area contributed by atoms with Crippen molar-refractivity contribution in [3.8, 4) is 5.75 Å². The summed E-state index contributed by atoms with van der Waals surface area (Å²) in [4.78, 5) is 64.4. The Bertz CT molecular complexity index is 1980. The number of phenolic OH excluding ortho intramolecular Hbond substituents is 1. The van der Waals surface area contributed by atoms with Gasteiger partial charge in [-0.3, -0.25) is 19.2 Å². The summed E-state index contributed by atoms with van der Waals surface area (Å²) in [6.07, 6.45) is 52.1. The van der Waals surface area contributed by atoms with Crippen LogP contribution in [-0.4, -0.2) is 78.6 Å². The largest absolute Gasteiger partial charge is 0.507 e. The molecule has 0 bridgehead atoms. The number of amides is 3. The van der Waals surface area contributed by atoms with Crippen molar-refractivity contribution in [3.05, 3.63) is 133 Å². The summed E-state index contributed by atoms with van der Waals surface area (Å²) in [7, 11) is 3.20. The zero-order valence-electron chi connectivity index (χ0n) is 44.4. The van der Waals surface area contributed by atoms with E-state index in [1.54, 1.807) is 35.4 Å². The Balaban J connectivity index is 2.37. The van der Waals surface area contributed by atoms with Gasteiger partial charge in [0.2, 0.25) is 11.8 Å². The smallest absolute Gasteiger partial charge is 0.342 e. The number of ether oxygens (including phenoxy) is 2. The molecule has 6 N–H and O–H groups in total. The van der Waals surface area contributed by atoms with Crippen molar-refractivity contribution in [2.75, 3.05) is 43.5 Å². The van der Waals surface area contributed by atoms with Crippen molar-refractivity contribution in [1.29, 1.82) is 0 Å². The van der Waals surface area contributed by atoms with Gasteiger partial charge in [0.15, 0.2) is 6.10 Å². The Morgan fingerprint density at radius 1 is 0.589 bits per heavy atom. The standard InChI is InChI=1S/C59H88N4O8S2/c1-5-7-9-11-13-15-17-19-21-23-24-26-28-30-32-34-36-38-53(65)61-44-46-72-73-47-45-62-54(66)42-43-63-57(68)56(71-58(69)51-48-50(60)40-41-52(51)64)59(3,4)49-70-55(67)39-37-35-33-31-29-27-25-22-20-18-16-14-12-10-8-6-2/h7-10,13-16,19-22,24,26,30-33,40-41,48,56,64H,5-6,11-12,17-18,23,25,27-29,34-39,42-47,49,60H2,1-4H3,(H,61,65)(H,62,66)(H,63,68). The maximum absolute atomic E-state index is 13.6. The molecule has 0 aromatic heterocycles. The molecule has 0 spiro atoms. The number of rotatable bonds is 42. The third kappa shape index (κ3) is 37.9. The monoisotopic (exact) mass is 1040 g/mol. The van der Waals surface area contributed by atoms with E-state index in [1.165, 1.54) is 18.2 Å². The van der Waals surface area contributed by atoms with E-state index in [2.05, 4.69) is 139 Å². The van der Waals surface area contributed by atoms with Gasteiger partial charge in [0, 0.05) is 61.5 Å². The van der Waals surface area contributed by atoms with Crippen LogP contribution in [0.4, 0.5) is 5.69 Å². The number of aromatic hydroxyl groups is 1. The average molecular weight is 1050 g/mol. The molecule has 12 nitrogen and oxygen atoms in total. The van der Waals surface area contributed by atoms with Crippen LogP contribution in [0.2, 0.25) is 0 Å². The van der Waals surface area contributed by atoms with Gasteiger partial charge in [-0.15, -0.1) is 0 Å². The van der Waals surface area contributed by atoms with E-state index in [0.717, 1.165) is 95.6 Å². The summed E-state index contributed by atoms with van der Waals surface area (Å²) in [5.41, 5.74) is 4.63. The number of nitrogens with two attached hydrogens (primary N) is 1. The summed E-state index contributed by atoms with van der Waals surface area (Å²) < 4.78 is 11.2. The zero-order chi connectivity index (χ0) is 53.5. The van der Waals surface area contributed by atoms with Gasteiger partial charge in [-0.1, -0.05) is 159 Å². The summed E-state index contributed by atoms with van der Waals surface area (Å²) in [5, 5.41) is 18.8. The van der Waals surface area contributed by atoms with Crippen molar-refractivity contribution in [2.24, 2.45) is 5.41 Å². The third-order valence-electron chi connectivity index (χ3n) is 10.6. The molecule has 0 saturated carbocycles. The SMILES string of the molecule is CCC=CCC=CCC=CCC=CCC=CCCCC(=O)NCCSSCCNC(=O)CCNC(=O)C(OC(=O)c1cc(N)ccc1O)C(C)(C)COC(=O)CCCC=CCCCC=CCC=CCC=CCC. The minimum Gasteiger partial charge on any atom is -0.507 e. The van der Waals surface area contributed by atoms with E-state index in [0.29, 0.717) is 31.7 Å². The minimum absolute atomic E-state index is 0.0241. The fraction of sp³-hybridized carbons (Fsp3) is 0.508. The number of anilines is 1. The number of benzene rings is 1. The topological polar surface area (TPSA) is 186 Å².